The van der Waals surface area contributed by atoms with Crippen molar-refractivity contribution in [3.8, 4) is 0 Å². The summed E-state index contributed by atoms with van der Waals surface area (Å²) in [6.07, 6.45) is 6.23. The molecule has 0 bridgehead atoms. The number of nitrogens with zero attached hydrogens (tertiary/aromatic N) is 3. The van der Waals surface area contributed by atoms with Crippen LogP contribution in [0.15, 0.2) is 47.7 Å². The summed E-state index contributed by atoms with van der Waals surface area (Å²) in [5.41, 5.74) is 1.32. The molecular weight excluding hydrogens is 224 g/mol. The molecule has 1 aliphatic heterocycles. The fraction of sp³-hybridized carbons (Fsp3) is 0.357. The van der Waals surface area contributed by atoms with E-state index in [1.807, 2.05) is 25.0 Å². The Morgan fingerprint density at radius 1 is 1.44 bits per heavy atom. The maximum absolute atomic E-state index is 4.23. The van der Waals surface area contributed by atoms with E-state index in [-0.39, 0.29) is 6.17 Å². The van der Waals surface area contributed by atoms with Crippen molar-refractivity contribution in [2.75, 3.05) is 13.7 Å². The highest BCUT2D eigenvalue weighted by Gasteiger charge is 2.14. The molecule has 1 aromatic carbocycles. The monoisotopic (exact) mass is 244 g/mol. The fourth-order valence-corrected chi connectivity index (χ4v) is 1.97. The Hall–Kier alpha value is -1.81. The van der Waals surface area contributed by atoms with Gasteiger partial charge in [-0.3, -0.25) is 10.3 Å². The summed E-state index contributed by atoms with van der Waals surface area (Å²) < 4.78 is 0. The lowest BCUT2D eigenvalue weighted by Gasteiger charge is -2.32. The van der Waals surface area contributed by atoms with Crippen LogP contribution >= 0.6 is 0 Å². The van der Waals surface area contributed by atoms with Gasteiger partial charge in [0, 0.05) is 26.0 Å². The van der Waals surface area contributed by atoms with Crippen molar-refractivity contribution in [2.24, 2.45) is 5.10 Å². The minimum atomic E-state index is 0.174. The third-order valence-electron chi connectivity index (χ3n) is 2.91. The third-order valence-corrected chi connectivity index (χ3v) is 2.91. The van der Waals surface area contributed by atoms with Gasteiger partial charge in [0.15, 0.2) is 0 Å². The molecule has 0 aromatic heterocycles. The molecule has 1 N–H and O–H groups in total. The van der Waals surface area contributed by atoms with E-state index in [1.165, 1.54) is 5.56 Å². The summed E-state index contributed by atoms with van der Waals surface area (Å²) in [6.45, 7) is 3.68. The first-order valence-electron chi connectivity index (χ1n) is 6.20. The second-order valence-corrected chi connectivity index (χ2v) is 4.33. The fourth-order valence-electron chi connectivity index (χ4n) is 1.97. The molecule has 1 heterocycles. The zero-order valence-electron chi connectivity index (χ0n) is 11.0. The Morgan fingerprint density at radius 2 is 2.22 bits per heavy atom. The Balaban J connectivity index is 1.90. The van der Waals surface area contributed by atoms with E-state index in [0.29, 0.717) is 0 Å². The van der Waals surface area contributed by atoms with Gasteiger partial charge >= 0.3 is 0 Å². The van der Waals surface area contributed by atoms with Gasteiger partial charge in [-0.05, 0) is 18.6 Å². The van der Waals surface area contributed by atoms with Crippen molar-refractivity contribution in [1.82, 2.24) is 15.2 Å². The standard InChI is InChI=1S/C14H20N4/c1-3-16-17(2)14-9-10-18(12-15-14)11-13-7-5-4-6-8-13/h3-10,14-15H,11-12H2,1-2H3. The van der Waals surface area contributed by atoms with Gasteiger partial charge in [-0.1, -0.05) is 30.3 Å². The number of benzene rings is 1. The van der Waals surface area contributed by atoms with Gasteiger partial charge in [0.05, 0.1) is 6.67 Å². The molecule has 0 amide bonds. The number of hydrazone groups is 1. The van der Waals surface area contributed by atoms with E-state index in [9.17, 15) is 0 Å². The molecule has 0 radical (unpaired) electrons. The van der Waals surface area contributed by atoms with Crippen molar-refractivity contribution in [3.63, 3.8) is 0 Å². The van der Waals surface area contributed by atoms with Gasteiger partial charge in [0.25, 0.3) is 0 Å². The van der Waals surface area contributed by atoms with Gasteiger partial charge in [-0.2, -0.15) is 5.10 Å². The number of hydrogen-bond acceptors (Lipinski definition) is 4. The zero-order chi connectivity index (χ0) is 12.8. The lowest BCUT2D eigenvalue weighted by molar-refractivity contribution is 0.198. The largest absolute Gasteiger partial charge is 0.361 e. The first-order valence-corrected chi connectivity index (χ1v) is 6.20. The van der Waals surface area contributed by atoms with Crippen LogP contribution < -0.4 is 5.32 Å². The van der Waals surface area contributed by atoms with E-state index < -0.39 is 0 Å². The zero-order valence-corrected chi connectivity index (χ0v) is 11.0. The molecule has 18 heavy (non-hydrogen) atoms. The summed E-state index contributed by atoms with van der Waals surface area (Å²) in [5.74, 6) is 0. The predicted octanol–water partition coefficient (Wildman–Crippen LogP) is 1.83. The van der Waals surface area contributed by atoms with Crippen LogP contribution in [0.3, 0.4) is 0 Å². The Labute approximate surface area is 109 Å². The normalized spacial score (nSPS) is 19.4. The molecule has 0 aliphatic carbocycles. The smallest absolute Gasteiger partial charge is 0.118 e. The lowest BCUT2D eigenvalue weighted by atomic mass is 10.2. The van der Waals surface area contributed by atoms with Crippen LogP contribution in [0.4, 0.5) is 0 Å². The van der Waals surface area contributed by atoms with Crippen LogP contribution in [0.1, 0.15) is 12.5 Å². The molecule has 1 atom stereocenters. The van der Waals surface area contributed by atoms with Crippen LogP contribution in [0, 0.1) is 0 Å². The highest BCUT2D eigenvalue weighted by atomic mass is 15.5. The van der Waals surface area contributed by atoms with Crippen LogP contribution in [0.2, 0.25) is 0 Å². The van der Waals surface area contributed by atoms with Gasteiger partial charge in [0.2, 0.25) is 0 Å². The van der Waals surface area contributed by atoms with Gasteiger partial charge < -0.3 is 4.90 Å². The molecule has 96 valence electrons. The van der Waals surface area contributed by atoms with Gasteiger partial charge in [-0.15, -0.1) is 0 Å². The number of nitrogens with one attached hydrogen (secondary N) is 1. The van der Waals surface area contributed by atoms with Crippen molar-refractivity contribution in [3.05, 3.63) is 48.2 Å². The van der Waals surface area contributed by atoms with Crippen molar-refractivity contribution >= 4 is 6.21 Å². The average Bonchev–Trinajstić information content (AvgIpc) is 2.41. The minimum Gasteiger partial charge on any atom is -0.361 e. The third kappa shape index (κ3) is 3.34. The maximum atomic E-state index is 4.23. The first-order chi connectivity index (χ1) is 8.79. The van der Waals surface area contributed by atoms with E-state index in [2.05, 4.69) is 51.9 Å². The highest BCUT2D eigenvalue weighted by Crippen LogP contribution is 2.08. The minimum absolute atomic E-state index is 0.174. The Kier molecular flexibility index (Phi) is 4.36. The summed E-state index contributed by atoms with van der Waals surface area (Å²) in [5, 5.41) is 9.57. The van der Waals surface area contributed by atoms with Crippen LogP contribution in [0.25, 0.3) is 0 Å². The van der Waals surface area contributed by atoms with Crippen molar-refractivity contribution in [2.45, 2.75) is 19.6 Å². The van der Waals surface area contributed by atoms with Crippen LogP contribution in [-0.4, -0.2) is 36.0 Å². The molecule has 0 saturated heterocycles. The first kappa shape index (κ1) is 12.6. The topological polar surface area (TPSA) is 30.9 Å². The molecule has 1 aromatic rings. The summed E-state index contributed by atoms with van der Waals surface area (Å²) in [6, 6.07) is 10.5. The molecular formula is C14H20N4. The summed E-state index contributed by atoms with van der Waals surface area (Å²) in [7, 11) is 1.97. The molecule has 1 unspecified atom stereocenters. The molecule has 1 aliphatic rings. The lowest BCUT2D eigenvalue weighted by Crippen LogP contribution is -2.47. The van der Waals surface area contributed by atoms with E-state index >= 15 is 0 Å². The molecule has 2 rings (SSSR count). The van der Waals surface area contributed by atoms with Crippen LogP contribution in [-0.2, 0) is 6.54 Å². The van der Waals surface area contributed by atoms with Crippen molar-refractivity contribution in [1.29, 1.82) is 0 Å². The Bertz CT molecular complexity index is 413. The van der Waals surface area contributed by atoms with Gasteiger partial charge in [0.1, 0.15) is 6.17 Å². The van der Waals surface area contributed by atoms with E-state index in [1.54, 1.807) is 6.21 Å². The number of likely N-dealkylation sites (N-methyl/N-ethyl adjacent to an activating group) is 1. The molecule has 0 spiro atoms. The SMILES string of the molecule is CC=NN(C)C1C=CN(Cc2ccccc2)CN1. The second-order valence-electron chi connectivity index (χ2n) is 4.33. The Morgan fingerprint density at radius 3 is 2.83 bits per heavy atom. The molecule has 0 saturated carbocycles. The highest BCUT2D eigenvalue weighted by molar-refractivity contribution is 5.52. The molecule has 0 fully saturated rings. The average molecular weight is 244 g/mol. The van der Waals surface area contributed by atoms with E-state index in [4.69, 9.17) is 0 Å². The summed E-state index contributed by atoms with van der Waals surface area (Å²) >= 11 is 0. The van der Waals surface area contributed by atoms with Crippen molar-refractivity contribution < 1.29 is 0 Å². The molecule has 4 heteroatoms. The van der Waals surface area contributed by atoms with Crippen LogP contribution in [0.5, 0.6) is 0 Å². The predicted molar refractivity (Wildman–Crippen MR) is 74.8 cm³/mol. The molecule has 4 nitrogen and oxygen atoms in total. The van der Waals surface area contributed by atoms with E-state index in [0.717, 1.165) is 13.2 Å². The maximum Gasteiger partial charge on any atom is 0.118 e. The number of hydrogen-bond donors (Lipinski definition) is 1. The quantitative estimate of drug-likeness (QED) is 0.647. The second kappa shape index (κ2) is 6.21. The van der Waals surface area contributed by atoms with Gasteiger partial charge in [-0.25, -0.2) is 0 Å². The summed E-state index contributed by atoms with van der Waals surface area (Å²) in [4.78, 5) is 2.25. The number of rotatable bonds is 4.